The highest BCUT2D eigenvalue weighted by Crippen LogP contribution is 2.21. The first kappa shape index (κ1) is 13.5. The Morgan fingerprint density at radius 3 is 2.74 bits per heavy atom. The van der Waals surface area contributed by atoms with E-state index in [9.17, 15) is 4.39 Å². The molecule has 4 heteroatoms. The van der Waals surface area contributed by atoms with E-state index < -0.39 is 5.82 Å². The molecule has 1 heterocycles. The molecule has 1 atom stereocenters. The summed E-state index contributed by atoms with van der Waals surface area (Å²) in [6.45, 7) is 3.96. The van der Waals surface area contributed by atoms with Gasteiger partial charge in [0, 0.05) is 11.7 Å². The van der Waals surface area contributed by atoms with Crippen molar-refractivity contribution in [3.8, 4) is 5.75 Å². The van der Waals surface area contributed by atoms with Crippen molar-refractivity contribution in [2.45, 2.75) is 26.5 Å². The van der Waals surface area contributed by atoms with E-state index in [1.54, 1.807) is 12.1 Å². The quantitative estimate of drug-likeness (QED) is 0.918. The van der Waals surface area contributed by atoms with Gasteiger partial charge in [-0.05, 0) is 43.7 Å². The minimum atomic E-state index is -0.401. The second-order valence-corrected chi connectivity index (χ2v) is 4.54. The summed E-state index contributed by atoms with van der Waals surface area (Å²) in [6.07, 6.45) is 0. The van der Waals surface area contributed by atoms with Crippen molar-refractivity contribution in [1.29, 1.82) is 0 Å². The van der Waals surface area contributed by atoms with Crippen LogP contribution in [0.25, 0.3) is 0 Å². The van der Waals surface area contributed by atoms with Crippen molar-refractivity contribution in [2.24, 2.45) is 5.73 Å². The van der Waals surface area contributed by atoms with Gasteiger partial charge in [0.05, 0.1) is 5.69 Å². The molecule has 0 saturated carbocycles. The maximum absolute atomic E-state index is 13.8. The van der Waals surface area contributed by atoms with Crippen molar-refractivity contribution >= 4 is 0 Å². The molecule has 1 unspecified atom stereocenters. The summed E-state index contributed by atoms with van der Waals surface area (Å²) < 4.78 is 19.2. The van der Waals surface area contributed by atoms with Crippen LogP contribution in [0.15, 0.2) is 36.4 Å². The van der Waals surface area contributed by atoms with Gasteiger partial charge < -0.3 is 10.5 Å². The smallest absolute Gasteiger partial charge is 0.165 e. The largest absolute Gasteiger partial charge is 0.484 e. The van der Waals surface area contributed by atoms with Crippen LogP contribution < -0.4 is 10.5 Å². The topological polar surface area (TPSA) is 48.1 Å². The molecule has 0 bridgehead atoms. The van der Waals surface area contributed by atoms with Crippen LogP contribution in [-0.4, -0.2) is 4.98 Å². The van der Waals surface area contributed by atoms with Crippen LogP contribution in [0, 0.1) is 12.7 Å². The number of nitrogens with two attached hydrogens (primary N) is 1. The van der Waals surface area contributed by atoms with E-state index in [1.807, 2.05) is 32.0 Å². The lowest BCUT2D eigenvalue weighted by atomic mass is 10.1. The fraction of sp³-hybridized carbons (Fsp3) is 0.267. The monoisotopic (exact) mass is 260 g/mol. The summed E-state index contributed by atoms with van der Waals surface area (Å²) >= 11 is 0. The molecule has 100 valence electrons. The summed E-state index contributed by atoms with van der Waals surface area (Å²) in [5.74, 6) is -0.185. The zero-order chi connectivity index (χ0) is 13.8. The van der Waals surface area contributed by atoms with Gasteiger partial charge in [0.2, 0.25) is 0 Å². The first-order chi connectivity index (χ1) is 9.06. The minimum Gasteiger partial charge on any atom is -0.484 e. The minimum absolute atomic E-state index is 0.193. The number of nitrogens with zero attached hydrogens (tertiary/aromatic N) is 1. The van der Waals surface area contributed by atoms with Gasteiger partial charge in [-0.3, -0.25) is 4.98 Å². The Morgan fingerprint density at radius 1 is 1.32 bits per heavy atom. The fourth-order valence-electron chi connectivity index (χ4n) is 1.75. The van der Waals surface area contributed by atoms with Gasteiger partial charge in [-0.2, -0.15) is 0 Å². The summed E-state index contributed by atoms with van der Waals surface area (Å²) in [7, 11) is 0. The highest BCUT2D eigenvalue weighted by molar-refractivity contribution is 5.30. The van der Waals surface area contributed by atoms with Gasteiger partial charge in [-0.1, -0.05) is 12.1 Å². The van der Waals surface area contributed by atoms with Crippen molar-refractivity contribution in [1.82, 2.24) is 4.98 Å². The number of hydrogen-bond donors (Lipinski definition) is 1. The molecule has 1 aromatic carbocycles. The summed E-state index contributed by atoms with van der Waals surface area (Å²) in [4.78, 5) is 4.30. The van der Waals surface area contributed by atoms with Crippen molar-refractivity contribution in [2.75, 3.05) is 0 Å². The van der Waals surface area contributed by atoms with Crippen LogP contribution >= 0.6 is 0 Å². The van der Waals surface area contributed by atoms with Crippen molar-refractivity contribution < 1.29 is 9.13 Å². The predicted molar refractivity (Wildman–Crippen MR) is 72.3 cm³/mol. The number of aryl methyl sites for hydroxylation is 1. The lowest BCUT2D eigenvalue weighted by molar-refractivity contribution is 0.285. The van der Waals surface area contributed by atoms with Crippen LogP contribution in [0.3, 0.4) is 0 Å². The van der Waals surface area contributed by atoms with E-state index in [0.717, 1.165) is 17.0 Å². The van der Waals surface area contributed by atoms with Gasteiger partial charge in [-0.15, -0.1) is 0 Å². The van der Waals surface area contributed by atoms with Crippen molar-refractivity contribution in [3.05, 3.63) is 59.2 Å². The Hall–Kier alpha value is -1.94. The summed E-state index contributed by atoms with van der Waals surface area (Å²) in [5, 5.41) is 0. The van der Waals surface area contributed by atoms with Gasteiger partial charge in [0.25, 0.3) is 0 Å². The maximum atomic E-state index is 13.8. The van der Waals surface area contributed by atoms with Crippen LogP contribution in [0.5, 0.6) is 5.75 Å². The Balaban J connectivity index is 2.07. The molecule has 0 spiro atoms. The number of aromatic nitrogens is 1. The standard InChI is InChI=1S/C15H17FN2O/c1-10-4-3-5-13(18-10)9-19-15-7-6-12(11(2)17)8-14(15)16/h3-8,11H,9,17H2,1-2H3. The van der Waals surface area contributed by atoms with E-state index >= 15 is 0 Å². The second-order valence-electron chi connectivity index (χ2n) is 4.54. The molecule has 0 aliphatic rings. The fourth-order valence-corrected chi connectivity index (χ4v) is 1.75. The Morgan fingerprint density at radius 2 is 2.11 bits per heavy atom. The lowest BCUT2D eigenvalue weighted by Gasteiger charge is -2.10. The van der Waals surface area contributed by atoms with Crippen LogP contribution in [-0.2, 0) is 6.61 Å². The SMILES string of the molecule is Cc1cccc(COc2ccc(C(C)N)cc2F)n1. The molecule has 0 saturated heterocycles. The van der Waals surface area contributed by atoms with Crippen LogP contribution in [0.2, 0.25) is 0 Å². The van der Waals surface area contributed by atoms with Crippen molar-refractivity contribution in [3.63, 3.8) is 0 Å². The molecular formula is C15H17FN2O. The van der Waals surface area contributed by atoms with E-state index in [2.05, 4.69) is 4.98 Å². The number of benzene rings is 1. The predicted octanol–water partition coefficient (Wildman–Crippen LogP) is 3.13. The van der Waals surface area contributed by atoms with E-state index in [-0.39, 0.29) is 18.4 Å². The summed E-state index contributed by atoms with van der Waals surface area (Å²) in [5.41, 5.74) is 8.13. The molecule has 0 aliphatic heterocycles. The van der Waals surface area contributed by atoms with E-state index in [0.29, 0.717) is 0 Å². The molecule has 3 nitrogen and oxygen atoms in total. The molecule has 0 aliphatic carbocycles. The Labute approximate surface area is 112 Å². The second kappa shape index (κ2) is 5.80. The Kier molecular flexibility index (Phi) is 4.12. The third kappa shape index (κ3) is 3.51. The average molecular weight is 260 g/mol. The Bertz CT molecular complexity index is 570. The normalized spacial score (nSPS) is 12.2. The highest BCUT2D eigenvalue weighted by Gasteiger charge is 2.07. The first-order valence-electron chi connectivity index (χ1n) is 6.16. The van der Waals surface area contributed by atoms with Gasteiger partial charge >= 0.3 is 0 Å². The molecular weight excluding hydrogens is 243 g/mol. The molecule has 0 fully saturated rings. The molecule has 0 amide bonds. The zero-order valence-electron chi connectivity index (χ0n) is 11.1. The van der Waals surface area contributed by atoms with Gasteiger partial charge in [0.15, 0.2) is 11.6 Å². The van der Waals surface area contributed by atoms with Crippen LogP contribution in [0.1, 0.15) is 29.9 Å². The molecule has 19 heavy (non-hydrogen) atoms. The number of hydrogen-bond acceptors (Lipinski definition) is 3. The lowest BCUT2D eigenvalue weighted by Crippen LogP contribution is -2.06. The van der Waals surface area contributed by atoms with Gasteiger partial charge in [0.1, 0.15) is 6.61 Å². The number of ether oxygens (including phenoxy) is 1. The highest BCUT2D eigenvalue weighted by atomic mass is 19.1. The third-order valence-electron chi connectivity index (χ3n) is 2.80. The number of halogens is 1. The number of rotatable bonds is 4. The van der Waals surface area contributed by atoms with Gasteiger partial charge in [-0.25, -0.2) is 4.39 Å². The summed E-state index contributed by atoms with van der Waals surface area (Å²) in [6, 6.07) is 10.2. The molecule has 2 rings (SSSR count). The third-order valence-corrected chi connectivity index (χ3v) is 2.80. The van der Waals surface area contributed by atoms with Crippen LogP contribution in [0.4, 0.5) is 4.39 Å². The molecule has 2 aromatic rings. The number of pyridine rings is 1. The first-order valence-corrected chi connectivity index (χ1v) is 6.16. The molecule has 1 aromatic heterocycles. The zero-order valence-corrected chi connectivity index (χ0v) is 11.1. The molecule has 0 radical (unpaired) electrons. The average Bonchev–Trinajstić information content (AvgIpc) is 2.37. The van der Waals surface area contributed by atoms with E-state index in [1.165, 1.54) is 6.07 Å². The van der Waals surface area contributed by atoms with E-state index in [4.69, 9.17) is 10.5 Å². The molecule has 2 N–H and O–H groups in total. The maximum Gasteiger partial charge on any atom is 0.165 e.